The number of halogens is 1. The number of aliphatic hydroxyl groups excluding tert-OH is 1. The number of nitrogen functional groups attached to an aromatic ring is 1. The lowest BCUT2D eigenvalue weighted by atomic mass is 9.99. The molecule has 1 aliphatic rings. The number of hydrogen-bond donors (Lipinski definition) is 3. The van der Waals surface area contributed by atoms with Crippen molar-refractivity contribution in [1.82, 2.24) is 24.6 Å². The zero-order chi connectivity index (χ0) is 34.3. The lowest BCUT2D eigenvalue weighted by Gasteiger charge is -2.30. The Morgan fingerprint density at radius 2 is 1.90 bits per heavy atom. The molecular formula is C33H38FN6O7P. The second-order valence-electron chi connectivity index (χ2n) is 11.4. The van der Waals surface area contributed by atoms with E-state index in [2.05, 4.69) is 26.0 Å². The predicted molar refractivity (Wildman–Crippen MR) is 175 cm³/mol. The molecule has 1 aliphatic heterocycles. The average molecular weight is 681 g/mol. The molecule has 4 N–H and O–H groups in total. The molecule has 0 bridgehead atoms. The van der Waals surface area contributed by atoms with Gasteiger partial charge in [-0.25, -0.2) is 9.55 Å². The van der Waals surface area contributed by atoms with Crippen LogP contribution in [-0.2, 0) is 29.8 Å². The summed E-state index contributed by atoms with van der Waals surface area (Å²) < 4.78 is 53.5. The van der Waals surface area contributed by atoms with Crippen molar-refractivity contribution in [1.29, 1.82) is 0 Å². The summed E-state index contributed by atoms with van der Waals surface area (Å²) in [4.78, 5) is 24.9. The molecule has 13 nitrogen and oxygen atoms in total. The number of imidazole rings is 1. The van der Waals surface area contributed by atoms with Gasteiger partial charge in [-0.2, -0.15) is 19.4 Å². The fourth-order valence-corrected chi connectivity index (χ4v) is 6.80. The molecule has 2 aromatic carbocycles. The number of aromatic nitrogens is 4. The van der Waals surface area contributed by atoms with Gasteiger partial charge in [0.1, 0.15) is 30.7 Å². The predicted octanol–water partition coefficient (Wildman–Crippen LogP) is 4.58. The first-order chi connectivity index (χ1) is 23.1. The van der Waals surface area contributed by atoms with E-state index in [1.54, 1.807) is 30.3 Å². The molecule has 4 aromatic rings. The number of esters is 1. The molecule has 1 fully saturated rings. The van der Waals surface area contributed by atoms with Gasteiger partial charge in [-0.15, -0.1) is 6.42 Å². The van der Waals surface area contributed by atoms with Crippen LogP contribution in [0.5, 0.6) is 5.75 Å². The van der Waals surface area contributed by atoms with Gasteiger partial charge in [0.05, 0.1) is 12.9 Å². The number of aliphatic hydroxyl groups is 1. The number of nitrogens with one attached hydrogen (secondary N) is 1. The Morgan fingerprint density at radius 1 is 1.21 bits per heavy atom. The summed E-state index contributed by atoms with van der Waals surface area (Å²) in [5.74, 6) is 1.96. The molecule has 0 amide bonds. The first-order valence-electron chi connectivity index (χ1n) is 15.5. The molecule has 0 saturated carbocycles. The summed E-state index contributed by atoms with van der Waals surface area (Å²) in [5, 5.41) is 14.0. The van der Waals surface area contributed by atoms with Crippen LogP contribution in [0.15, 0.2) is 67.0 Å². The number of carbonyl (C=O) groups is 1. The van der Waals surface area contributed by atoms with Gasteiger partial charge < -0.3 is 24.8 Å². The minimum atomic E-state index is -4.46. The summed E-state index contributed by atoms with van der Waals surface area (Å²) in [5.41, 5.74) is 4.88. The average Bonchev–Trinajstić information content (AvgIpc) is 3.66. The molecule has 0 radical (unpaired) electrons. The van der Waals surface area contributed by atoms with E-state index in [1.165, 1.54) is 10.9 Å². The summed E-state index contributed by atoms with van der Waals surface area (Å²) in [6, 6.07) is 16.2. The molecule has 0 unspecified atom stereocenters. The largest absolute Gasteiger partial charge is 0.464 e. The Bertz CT molecular complexity index is 1790. The second kappa shape index (κ2) is 15.2. The van der Waals surface area contributed by atoms with E-state index < -0.39 is 50.4 Å². The van der Waals surface area contributed by atoms with Crippen LogP contribution >= 0.6 is 7.75 Å². The molecule has 254 valence electrons. The van der Waals surface area contributed by atoms with Crippen LogP contribution in [0.3, 0.4) is 0 Å². The second-order valence-corrected chi connectivity index (χ2v) is 13.1. The normalized spacial score (nSPS) is 21.1. The molecule has 5 rings (SSSR count). The van der Waals surface area contributed by atoms with Crippen molar-refractivity contribution < 1.29 is 37.4 Å². The number of rotatable bonds is 15. The van der Waals surface area contributed by atoms with E-state index in [-0.39, 0.29) is 48.1 Å². The van der Waals surface area contributed by atoms with Gasteiger partial charge >= 0.3 is 19.8 Å². The van der Waals surface area contributed by atoms with Crippen LogP contribution in [-0.4, -0.2) is 61.6 Å². The smallest absolute Gasteiger partial charge is 0.459 e. The monoisotopic (exact) mass is 680 g/mol. The van der Waals surface area contributed by atoms with Crippen molar-refractivity contribution in [3.63, 3.8) is 0 Å². The van der Waals surface area contributed by atoms with E-state index in [0.717, 1.165) is 18.4 Å². The number of hydrogen-bond acceptors (Lipinski definition) is 11. The highest BCUT2D eigenvalue weighted by Gasteiger charge is 2.50. The number of ether oxygens (including phenoxy) is 2. The summed E-state index contributed by atoms with van der Waals surface area (Å²) >= 11 is 0. The summed E-state index contributed by atoms with van der Waals surface area (Å²) in [6.45, 7) is 3.59. The Balaban J connectivity index is 1.41. The van der Waals surface area contributed by atoms with Gasteiger partial charge in [0.15, 0.2) is 22.6 Å². The van der Waals surface area contributed by atoms with E-state index in [4.69, 9.17) is 30.7 Å². The van der Waals surface area contributed by atoms with Crippen LogP contribution in [0.25, 0.3) is 11.2 Å². The maximum absolute atomic E-state index is 14.6. The van der Waals surface area contributed by atoms with Crippen molar-refractivity contribution in [2.75, 3.05) is 18.9 Å². The van der Waals surface area contributed by atoms with Crippen LogP contribution < -0.4 is 15.3 Å². The van der Waals surface area contributed by atoms with Crippen molar-refractivity contribution in [2.24, 2.45) is 5.92 Å². The highest BCUT2D eigenvalue weighted by Crippen LogP contribution is 2.48. The highest BCUT2D eigenvalue weighted by molar-refractivity contribution is 7.52. The van der Waals surface area contributed by atoms with E-state index in [1.807, 2.05) is 44.2 Å². The molecule has 48 heavy (non-hydrogen) atoms. The number of nitrogens with two attached hydrogens (primary N) is 1. The van der Waals surface area contributed by atoms with E-state index in [0.29, 0.717) is 0 Å². The molecule has 3 heterocycles. The Hall–Kier alpha value is -4.38. The fourth-order valence-electron chi connectivity index (χ4n) is 5.28. The van der Waals surface area contributed by atoms with Gasteiger partial charge in [-0.1, -0.05) is 81.1 Å². The third-order valence-electron chi connectivity index (χ3n) is 8.20. The number of carbonyl (C=O) groups excluding carboxylic acids is 1. The molecular weight excluding hydrogens is 642 g/mol. The molecule has 2 aromatic heterocycles. The Morgan fingerprint density at radius 3 is 2.56 bits per heavy atom. The zero-order valence-corrected chi connectivity index (χ0v) is 27.5. The topological polar surface area (TPSA) is 173 Å². The lowest BCUT2D eigenvalue weighted by molar-refractivity contribution is -0.147. The minimum absolute atomic E-state index is 0.0290. The number of nitrogens with zero attached hydrogens (tertiary/aromatic N) is 4. The quantitative estimate of drug-likeness (QED) is 0.0692. The SMILES string of the molecule is C#C[C@]1(CO[P@](=O)(N[C@@H](Cc2ccccc2)C(=O)OCC(CC)CC)Oc2ccccc2)O[C@@H](n2cnc3c(N)nc(F)nc32)C[C@@H]1O. The maximum atomic E-state index is 14.6. The van der Waals surface area contributed by atoms with Crippen molar-refractivity contribution in [3.8, 4) is 18.1 Å². The maximum Gasteiger partial charge on any atom is 0.459 e. The molecule has 0 aliphatic carbocycles. The van der Waals surface area contributed by atoms with Crippen LogP contribution in [0.1, 0.15) is 44.9 Å². The molecule has 5 atom stereocenters. The summed E-state index contributed by atoms with van der Waals surface area (Å²) in [7, 11) is -4.46. The van der Waals surface area contributed by atoms with Gasteiger partial charge in [-0.3, -0.25) is 13.9 Å². The third kappa shape index (κ3) is 8.01. The standard InChI is InChI=1S/C33H38FN6O7P/c1-4-22(5-2)19-44-31(42)25(17-23-13-9-7-10-14-23)39-48(43,47-24-15-11-8-12-16-24)45-20-33(6-3)26(41)18-27(46-33)40-21-36-28-29(35)37-32(34)38-30(28)40/h3,7-16,21-22,25-27,41H,4-5,17-20H2,1-2H3,(H,39,43)(H2,35,37,38)/t25-,26-,27+,33+,48+/m0/s1. The van der Waals surface area contributed by atoms with Crippen molar-refractivity contribution >= 4 is 30.7 Å². The number of para-hydroxylation sites is 1. The van der Waals surface area contributed by atoms with Crippen molar-refractivity contribution in [2.45, 2.75) is 63.5 Å². The van der Waals surface area contributed by atoms with Crippen LogP contribution in [0.2, 0.25) is 0 Å². The first kappa shape index (κ1) is 34.9. The number of fused-ring (bicyclic) bond motifs is 1. The number of benzene rings is 2. The molecule has 15 heteroatoms. The lowest BCUT2D eigenvalue weighted by Crippen LogP contribution is -2.44. The Labute approximate surface area is 277 Å². The number of anilines is 1. The highest BCUT2D eigenvalue weighted by atomic mass is 31.2. The van der Waals surface area contributed by atoms with Crippen LogP contribution in [0.4, 0.5) is 10.2 Å². The third-order valence-corrected chi connectivity index (χ3v) is 9.75. The van der Waals surface area contributed by atoms with Gasteiger partial charge in [0, 0.05) is 6.42 Å². The van der Waals surface area contributed by atoms with Crippen LogP contribution in [0, 0.1) is 24.3 Å². The van der Waals surface area contributed by atoms with E-state index >= 15 is 0 Å². The number of terminal acetylenes is 1. The zero-order valence-electron chi connectivity index (χ0n) is 26.6. The van der Waals surface area contributed by atoms with Gasteiger partial charge in [-0.05, 0) is 30.0 Å². The van der Waals surface area contributed by atoms with Gasteiger partial charge in [0.2, 0.25) is 0 Å². The Kier molecular flexibility index (Phi) is 11.1. The van der Waals surface area contributed by atoms with Gasteiger partial charge in [0.25, 0.3) is 0 Å². The van der Waals surface area contributed by atoms with E-state index in [9.17, 15) is 18.9 Å². The molecule has 0 spiro atoms. The molecule has 1 saturated heterocycles. The first-order valence-corrected chi connectivity index (χ1v) is 17.1. The fraction of sp³-hybridized carbons (Fsp3) is 0.394. The summed E-state index contributed by atoms with van der Waals surface area (Å²) in [6.07, 6.45) is 5.47. The van der Waals surface area contributed by atoms with Crippen molar-refractivity contribution in [3.05, 3.63) is 78.6 Å². The minimum Gasteiger partial charge on any atom is -0.464 e.